The molecule has 1 atom stereocenters. The molecule has 1 N–H and O–H groups in total. The number of aromatic nitrogens is 1. The Bertz CT molecular complexity index is 612. The lowest BCUT2D eigenvalue weighted by Crippen LogP contribution is -2.13. The molecular weight excluding hydrogens is 254 g/mol. The number of ether oxygens (including phenoxy) is 2. The predicted octanol–water partition coefficient (Wildman–Crippen LogP) is 2.50. The Morgan fingerprint density at radius 1 is 1.25 bits per heavy atom. The van der Waals surface area contributed by atoms with Crippen molar-refractivity contribution in [3.05, 3.63) is 53.2 Å². The van der Waals surface area contributed by atoms with Gasteiger partial charge >= 0.3 is 0 Å². The standard InChI is InChI=1S/C16H17NO3/c1-19-14-9-3-8-13(17-14)15(18)12-7-2-5-11-6-4-10-20-16(11)12/h2-3,5,7-9,15,18H,4,6,10H2,1H3. The number of fused-ring (bicyclic) bond motifs is 1. The van der Waals surface area contributed by atoms with Gasteiger partial charge in [-0.3, -0.25) is 0 Å². The van der Waals surface area contributed by atoms with Crippen LogP contribution in [0.25, 0.3) is 0 Å². The highest BCUT2D eigenvalue weighted by molar-refractivity contribution is 5.46. The van der Waals surface area contributed by atoms with E-state index in [-0.39, 0.29) is 0 Å². The molecule has 0 fully saturated rings. The van der Waals surface area contributed by atoms with Crippen molar-refractivity contribution in [2.75, 3.05) is 13.7 Å². The average Bonchev–Trinajstić information content (AvgIpc) is 2.53. The number of para-hydroxylation sites is 1. The third kappa shape index (κ3) is 2.34. The molecule has 4 heteroatoms. The van der Waals surface area contributed by atoms with E-state index in [4.69, 9.17) is 9.47 Å². The third-order valence-corrected chi connectivity index (χ3v) is 3.49. The summed E-state index contributed by atoms with van der Waals surface area (Å²) in [6.07, 6.45) is 1.20. The van der Waals surface area contributed by atoms with Crippen LogP contribution in [0.2, 0.25) is 0 Å². The van der Waals surface area contributed by atoms with Gasteiger partial charge in [0.1, 0.15) is 11.9 Å². The van der Waals surface area contributed by atoms with Crippen LogP contribution in [-0.4, -0.2) is 23.8 Å². The van der Waals surface area contributed by atoms with E-state index in [0.29, 0.717) is 18.2 Å². The second kappa shape index (κ2) is 5.51. The van der Waals surface area contributed by atoms with Crippen LogP contribution < -0.4 is 9.47 Å². The van der Waals surface area contributed by atoms with Gasteiger partial charge in [0.05, 0.1) is 19.4 Å². The highest BCUT2D eigenvalue weighted by atomic mass is 16.5. The Balaban J connectivity index is 1.99. The van der Waals surface area contributed by atoms with Gasteiger partial charge in [0.15, 0.2) is 0 Å². The Morgan fingerprint density at radius 2 is 2.10 bits per heavy atom. The van der Waals surface area contributed by atoms with Gasteiger partial charge in [-0.2, -0.15) is 0 Å². The van der Waals surface area contributed by atoms with E-state index >= 15 is 0 Å². The van der Waals surface area contributed by atoms with Crippen molar-refractivity contribution >= 4 is 0 Å². The Morgan fingerprint density at radius 3 is 2.95 bits per heavy atom. The van der Waals surface area contributed by atoms with E-state index in [1.165, 1.54) is 0 Å². The second-order valence-electron chi connectivity index (χ2n) is 4.79. The van der Waals surface area contributed by atoms with Gasteiger partial charge in [-0.05, 0) is 24.5 Å². The molecule has 1 aromatic heterocycles. The van der Waals surface area contributed by atoms with Crippen LogP contribution in [0, 0.1) is 0 Å². The van der Waals surface area contributed by atoms with E-state index < -0.39 is 6.10 Å². The molecule has 1 unspecified atom stereocenters. The fraction of sp³-hybridized carbons (Fsp3) is 0.312. The number of aliphatic hydroxyl groups excluding tert-OH is 1. The molecule has 0 amide bonds. The summed E-state index contributed by atoms with van der Waals surface area (Å²) >= 11 is 0. The Labute approximate surface area is 118 Å². The van der Waals surface area contributed by atoms with E-state index in [0.717, 1.165) is 29.7 Å². The molecular formula is C16H17NO3. The van der Waals surface area contributed by atoms with E-state index in [9.17, 15) is 5.11 Å². The first-order valence-electron chi connectivity index (χ1n) is 6.73. The number of rotatable bonds is 3. The minimum atomic E-state index is -0.807. The van der Waals surface area contributed by atoms with Gasteiger partial charge in [-0.25, -0.2) is 4.98 Å². The average molecular weight is 271 g/mol. The van der Waals surface area contributed by atoms with Crippen LogP contribution in [0.3, 0.4) is 0 Å². The van der Waals surface area contributed by atoms with Gasteiger partial charge in [0.2, 0.25) is 5.88 Å². The van der Waals surface area contributed by atoms with Crippen LogP contribution in [0.5, 0.6) is 11.6 Å². The summed E-state index contributed by atoms with van der Waals surface area (Å²) in [5, 5.41) is 10.6. The zero-order chi connectivity index (χ0) is 13.9. The first kappa shape index (κ1) is 12.9. The smallest absolute Gasteiger partial charge is 0.213 e. The number of aliphatic hydroxyl groups is 1. The zero-order valence-electron chi connectivity index (χ0n) is 11.4. The number of hydrogen-bond donors (Lipinski definition) is 1. The molecule has 20 heavy (non-hydrogen) atoms. The molecule has 0 saturated carbocycles. The summed E-state index contributed by atoms with van der Waals surface area (Å²) in [6, 6.07) is 11.2. The fourth-order valence-electron chi connectivity index (χ4n) is 2.49. The molecule has 2 heterocycles. The van der Waals surface area contributed by atoms with Crippen molar-refractivity contribution < 1.29 is 14.6 Å². The van der Waals surface area contributed by atoms with Crippen molar-refractivity contribution in [3.8, 4) is 11.6 Å². The minimum Gasteiger partial charge on any atom is -0.493 e. The maximum absolute atomic E-state index is 10.6. The van der Waals surface area contributed by atoms with Gasteiger partial charge in [0.25, 0.3) is 0 Å². The maximum atomic E-state index is 10.6. The van der Waals surface area contributed by atoms with Crippen LogP contribution in [0.15, 0.2) is 36.4 Å². The topological polar surface area (TPSA) is 51.6 Å². The Kier molecular flexibility index (Phi) is 3.56. The second-order valence-corrected chi connectivity index (χ2v) is 4.79. The summed E-state index contributed by atoms with van der Waals surface area (Å²) < 4.78 is 10.8. The highest BCUT2D eigenvalue weighted by Gasteiger charge is 2.21. The molecule has 2 aromatic rings. The molecule has 0 bridgehead atoms. The molecule has 3 rings (SSSR count). The summed E-state index contributed by atoms with van der Waals surface area (Å²) in [4.78, 5) is 4.29. The summed E-state index contributed by atoms with van der Waals surface area (Å²) in [5.41, 5.74) is 2.48. The van der Waals surface area contributed by atoms with Crippen LogP contribution in [-0.2, 0) is 6.42 Å². The SMILES string of the molecule is COc1cccc(C(O)c2cccc3c2OCCC3)n1. The molecule has 104 valence electrons. The molecule has 0 spiro atoms. The van der Waals surface area contributed by atoms with E-state index in [1.807, 2.05) is 24.3 Å². The van der Waals surface area contributed by atoms with Gasteiger partial charge < -0.3 is 14.6 Å². The lowest BCUT2D eigenvalue weighted by molar-refractivity contribution is 0.201. The number of pyridine rings is 1. The summed E-state index contributed by atoms with van der Waals surface area (Å²) in [6.45, 7) is 0.697. The summed E-state index contributed by atoms with van der Waals surface area (Å²) in [5.74, 6) is 1.29. The molecule has 0 radical (unpaired) electrons. The minimum absolute atomic E-state index is 0.493. The predicted molar refractivity (Wildman–Crippen MR) is 75.1 cm³/mol. The van der Waals surface area contributed by atoms with Crippen molar-refractivity contribution in [2.45, 2.75) is 18.9 Å². The normalized spacial score (nSPS) is 15.1. The molecule has 0 aliphatic carbocycles. The maximum Gasteiger partial charge on any atom is 0.213 e. The fourth-order valence-corrected chi connectivity index (χ4v) is 2.49. The van der Waals surface area contributed by atoms with Crippen molar-refractivity contribution in [1.82, 2.24) is 4.98 Å². The largest absolute Gasteiger partial charge is 0.493 e. The molecule has 1 aliphatic rings. The molecule has 1 aliphatic heterocycles. The monoisotopic (exact) mass is 271 g/mol. The molecule has 1 aromatic carbocycles. The lowest BCUT2D eigenvalue weighted by Gasteiger charge is -2.22. The highest BCUT2D eigenvalue weighted by Crippen LogP contribution is 2.35. The first-order valence-corrected chi connectivity index (χ1v) is 6.73. The number of hydrogen-bond acceptors (Lipinski definition) is 4. The van der Waals surface area contributed by atoms with E-state index in [1.54, 1.807) is 19.2 Å². The van der Waals surface area contributed by atoms with Crippen LogP contribution >= 0.6 is 0 Å². The van der Waals surface area contributed by atoms with Crippen molar-refractivity contribution in [1.29, 1.82) is 0 Å². The molecule has 4 nitrogen and oxygen atoms in total. The third-order valence-electron chi connectivity index (χ3n) is 3.49. The number of aryl methyl sites for hydroxylation is 1. The van der Waals surface area contributed by atoms with Crippen molar-refractivity contribution in [3.63, 3.8) is 0 Å². The van der Waals surface area contributed by atoms with E-state index in [2.05, 4.69) is 4.98 Å². The Hall–Kier alpha value is -2.07. The first-order chi connectivity index (χ1) is 9.79. The van der Waals surface area contributed by atoms with Crippen molar-refractivity contribution in [2.24, 2.45) is 0 Å². The van der Waals surface area contributed by atoms with Crippen LogP contribution in [0.1, 0.15) is 29.3 Å². The summed E-state index contributed by atoms with van der Waals surface area (Å²) in [7, 11) is 1.56. The quantitative estimate of drug-likeness (QED) is 0.932. The number of methoxy groups -OCH3 is 1. The van der Waals surface area contributed by atoms with Gasteiger partial charge in [-0.15, -0.1) is 0 Å². The van der Waals surface area contributed by atoms with Gasteiger partial charge in [0, 0.05) is 11.6 Å². The van der Waals surface area contributed by atoms with Gasteiger partial charge in [-0.1, -0.05) is 24.3 Å². The zero-order valence-corrected chi connectivity index (χ0v) is 11.4. The molecule has 0 saturated heterocycles. The number of nitrogens with zero attached hydrogens (tertiary/aromatic N) is 1. The van der Waals surface area contributed by atoms with Crippen LogP contribution in [0.4, 0.5) is 0 Å². The number of benzene rings is 1. The lowest BCUT2D eigenvalue weighted by atomic mass is 9.98.